The molecule has 1 aliphatic rings. The molecule has 0 saturated heterocycles. The Labute approximate surface area is 181 Å². The van der Waals surface area contributed by atoms with E-state index in [0.29, 0.717) is 22.8 Å². The predicted octanol–water partition coefficient (Wildman–Crippen LogP) is 2.64. The number of benzene rings is 1. The molecule has 1 aliphatic carbocycles. The van der Waals surface area contributed by atoms with E-state index in [-0.39, 0.29) is 12.5 Å². The topological polar surface area (TPSA) is 99.7 Å². The molecule has 0 spiro atoms. The van der Waals surface area contributed by atoms with Crippen molar-refractivity contribution in [1.82, 2.24) is 19.2 Å². The van der Waals surface area contributed by atoms with Crippen molar-refractivity contribution in [3.05, 3.63) is 45.5 Å². The Morgan fingerprint density at radius 1 is 1.16 bits per heavy atom. The second-order valence-electron chi connectivity index (χ2n) is 7.42. The molecular weight excluding hydrogens is 418 g/mol. The first kappa shape index (κ1) is 19.6. The lowest BCUT2D eigenvalue weighted by Crippen LogP contribution is -2.28. The average molecular weight is 439 g/mol. The van der Waals surface area contributed by atoms with Crippen LogP contribution in [0.4, 0.5) is 5.69 Å². The van der Waals surface area contributed by atoms with Crippen LogP contribution < -0.4 is 20.5 Å². The van der Waals surface area contributed by atoms with Gasteiger partial charge in [0.2, 0.25) is 5.91 Å². The van der Waals surface area contributed by atoms with E-state index in [0.717, 1.165) is 29.5 Å². The van der Waals surface area contributed by atoms with Crippen LogP contribution in [-0.2, 0) is 24.2 Å². The van der Waals surface area contributed by atoms with Gasteiger partial charge in [0.05, 0.1) is 19.6 Å². The van der Waals surface area contributed by atoms with Crippen molar-refractivity contribution in [2.45, 2.75) is 32.2 Å². The fraction of sp³-hybridized carbons (Fsp3) is 0.333. The molecule has 10 heteroatoms. The Balaban J connectivity index is 1.47. The van der Waals surface area contributed by atoms with Crippen molar-refractivity contribution in [3.63, 3.8) is 0 Å². The highest BCUT2D eigenvalue weighted by Crippen LogP contribution is 2.36. The summed E-state index contributed by atoms with van der Waals surface area (Å²) >= 11 is 1.67. The van der Waals surface area contributed by atoms with E-state index < -0.39 is 5.69 Å². The zero-order valence-electron chi connectivity index (χ0n) is 17.2. The summed E-state index contributed by atoms with van der Waals surface area (Å²) in [6.07, 6.45) is 5.80. The summed E-state index contributed by atoms with van der Waals surface area (Å²) in [5.74, 6) is 0.725. The van der Waals surface area contributed by atoms with Gasteiger partial charge < -0.3 is 14.8 Å². The van der Waals surface area contributed by atoms with Crippen LogP contribution in [-0.4, -0.2) is 39.3 Å². The molecule has 3 aromatic heterocycles. The number of amides is 1. The summed E-state index contributed by atoms with van der Waals surface area (Å²) in [6, 6.07) is 5.07. The molecule has 0 radical (unpaired) electrons. The number of hydrogen-bond acceptors (Lipinski definition) is 7. The smallest absolute Gasteiger partial charge is 0.352 e. The first-order valence-corrected chi connectivity index (χ1v) is 10.8. The van der Waals surface area contributed by atoms with Crippen molar-refractivity contribution in [2.75, 3.05) is 19.5 Å². The molecule has 0 aliphatic heterocycles. The summed E-state index contributed by atoms with van der Waals surface area (Å²) in [5, 5.41) is 8.21. The van der Waals surface area contributed by atoms with Gasteiger partial charge in [-0.3, -0.25) is 4.79 Å². The lowest BCUT2D eigenvalue weighted by molar-refractivity contribution is -0.117. The minimum absolute atomic E-state index is 0.214. The number of fused-ring (bicyclic) bond motifs is 5. The Morgan fingerprint density at radius 3 is 2.65 bits per heavy atom. The number of anilines is 1. The Bertz CT molecular complexity index is 1350. The molecule has 0 saturated carbocycles. The van der Waals surface area contributed by atoms with Gasteiger partial charge in [-0.1, -0.05) is 0 Å². The molecule has 4 aromatic rings. The highest BCUT2D eigenvalue weighted by molar-refractivity contribution is 7.19. The number of ether oxygens (including phenoxy) is 2. The highest BCUT2D eigenvalue weighted by Gasteiger charge is 2.22. The maximum Gasteiger partial charge on any atom is 0.352 e. The Morgan fingerprint density at radius 2 is 1.90 bits per heavy atom. The van der Waals surface area contributed by atoms with Crippen LogP contribution in [0, 0.1) is 0 Å². The molecule has 0 atom stereocenters. The number of rotatable bonds is 5. The predicted molar refractivity (Wildman–Crippen MR) is 117 cm³/mol. The van der Waals surface area contributed by atoms with E-state index in [9.17, 15) is 9.59 Å². The van der Waals surface area contributed by atoms with Crippen molar-refractivity contribution in [1.29, 1.82) is 0 Å². The molecule has 5 rings (SSSR count). The molecule has 1 N–H and O–H groups in total. The number of nitrogens with zero attached hydrogens (tertiary/aromatic N) is 4. The zero-order chi connectivity index (χ0) is 21.5. The Hall–Kier alpha value is -3.40. The van der Waals surface area contributed by atoms with Crippen molar-refractivity contribution >= 4 is 38.8 Å². The van der Waals surface area contributed by atoms with Gasteiger partial charge in [-0.25, -0.2) is 18.9 Å². The molecule has 0 unspecified atom stereocenters. The summed E-state index contributed by atoms with van der Waals surface area (Å²) in [6.45, 7) is -0.214. The number of thiophene rings is 1. The van der Waals surface area contributed by atoms with Gasteiger partial charge in [0.15, 0.2) is 5.65 Å². The average Bonchev–Trinajstić information content (AvgIpc) is 3.31. The second-order valence-corrected chi connectivity index (χ2v) is 8.50. The molecule has 1 aromatic carbocycles. The quantitative estimate of drug-likeness (QED) is 0.513. The number of hydrogen-bond donors (Lipinski definition) is 1. The number of carbonyl (C=O) groups is 1. The first-order chi connectivity index (χ1) is 15.1. The minimum Gasteiger partial charge on any atom is -0.497 e. The van der Waals surface area contributed by atoms with Gasteiger partial charge in [-0.05, 0) is 31.2 Å². The molecule has 0 bridgehead atoms. The molecule has 31 heavy (non-hydrogen) atoms. The van der Waals surface area contributed by atoms with Gasteiger partial charge in [0.1, 0.15) is 29.2 Å². The number of aryl methyl sites for hydroxylation is 2. The van der Waals surface area contributed by atoms with Crippen LogP contribution in [0.3, 0.4) is 0 Å². The van der Waals surface area contributed by atoms with Crippen LogP contribution >= 0.6 is 11.3 Å². The summed E-state index contributed by atoms with van der Waals surface area (Å²) in [4.78, 5) is 32.2. The normalized spacial score (nSPS) is 13.4. The second kappa shape index (κ2) is 7.69. The van der Waals surface area contributed by atoms with Crippen LogP contribution in [0.5, 0.6) is 11.5 Å². The molecule has 9 nitrogen and oxygen atoms in total. The third-order valence-electron chi connectivity index (χ3n) is 5.47. The third kappa shape index (κ3) is 3.42. The van der Waals surface area contributed by atoms with E-state index in [1.807, 2.05) is 0 Å². The van der Waals surface area contributed by atoms with Gasteiger partial charge >= 0.3 is 5.69 Å². The monoisotopic (exact) mass is 439 g/mol. The number of aromatic nitrogens is 4. The maximum atomic E-state index is 12.9. The molecule has 160 valence electrons. The highest BCUT2D eigenvalue weighted by atomic mass is 32.1. The summed E-state index contributed by atoms with van der Waals surface area (Å²) in [7, 11) is 3.07. The van der Waals surface area contributed by atoms with E-state index >= 15 is 0 Å². The van der Waals surface area contributed by atoms with Crippen LogP contribution in [0.1, 0.15) is 23.3 Å². The lowest BCUT2D eigenvalue weighted by atomic mass is 9.97. The number of carbonyl (C=O) groups excluding carboxylic acids is 1. The minimum atomic E-state index is -0.390. The standard InChI is InChI=1S/C21H21N5O4S/c1-29-13-7-12(8-14(9-13)30-2)23-17(27)10-26-21(28)25-11-22-20-18(19(25)24-26)15-5-3-4-6-16(15)31-20/h7-9,11H,3-6,10H2,1-2H3,(H,23,27). The van der Waals surface area contributed by atoms with E-state index in [2.05, 4.69) is 15.4 Å². The summed E-state index contributed by atoms with van der Waals surface area (Å²) in [5.41, 5.74) is 1.92. The van der Waals surface area contributed by atoms with Crippen LogP contribution in [0.2, 0.25) is 0 Å². The van der Waals surface area contributed by atoms with Crippen molar-refractivity contribution in [3.8, 4) is 11.5 Å². The molecule has 3 heterocycles. The van der Waals surface area contributed by atoms with Gasteiger partial charge in [0.25, 0.3) is 0 Å². The maximum absolute atomic E-state index is 12.9. The molecule has 1 amide bonds. The van der Waals surface area contributed by atoms with Gasteiger partial charge in [-0.15, -0.1) is 16.4 Å². The first-order valence-electron chi connectivity index (χ1n) is 9.98. The Kier molecular flexibility index (Phi) is 4.85. The third-order valence-corrected chi connectivity index (χ3v) is 6.67. The molecular formula is C21H21N5O4S. The van der Waals surface area contributed by atoms with Crippen LogP contribution in [0.15, 0.2) is 29.3 Å². The SMILES string of the molecule is COc1cc(NC(=O)Cn2nc3c4c5c(sc4ncn3c2=O)CCCC5)cc(OC)c1. The van der Waals surface area contributed by atoms with Crippen molar-refractivity contribution in [2.24, 2.45) is 0 Å². The fourth-order valence-electron chi connectivity index (χ4n) is 4.00. The van der Waals surface area contributed by atoms with E-state index in [1.165, 1.54) is 46.5 Å². The largest absolute Gasteiger partial charge is 0.497 e. The fourth-order valence-corrected chi connectivity index (χ4v) is 5.22. The number of methoxy groups -OCH3 is 2. The van der Waals surface area contributed by atoms with E-state index in [4.69, 9.17) is 9.47 Å². The summed E-state index contributed by atoms with van der Waals surface area (Å²) < 4.78 is 13.1. The van der Waals surface area contributed by atoms with Crippen LogP contribution in [0.25, 0.3) is 15.9 Å². The molecule has 0 fully saturated rings. The zero-order valence-corrected chi connectivity index (χ0v) is 18.0. The van der Waals surface area contributed by atoms with E-state index in [1.54, 1.807) is 29.5 Å². The van der Waals surface area contributed by atoms with Gasteiger partial charge in [0, 0.05) is 28.8 Å². The van der Waals surface area contributed by atoms with Crippen molar-refractivity contribution < 1.29 is 14.3 Å². The van der Waals surface area contributed by atoms with Gasteiger partial charge in [-0.2, -0.15) is 0 Å². The number of nitrogens with one attached hydrogen (secondary N) is 1. The lowest BCUT2D eigenvalue weighted by Gasteiger charge is -2.10.